The summed E-state index contributed by atoms with van der Waals surface area (Å²) in [7, 11) is 0. The Hall–Kier alpha value is -2.57. The van der Waals surface area contributed by atoms with Crippen molar-refractivity contribution in [1.29, 1.82) is 0 Å². The van der Waals surface area contributed by atoms with Gasteiger partial charge in [0.1, 0.15) is 17.9 Å². The summed E-state index contributed by atoms with van der Waals surface area (Å²) in [5, 5.41) is 4.45. The van der Waals surface area contributed by atoms with Crippen LogP contribution in [0.15, 0.2) is 27.6 Å². The molecule has 3 aromatic rings. The number of carbonyl (C=O) groups is 1. The molecule has 7 heteroatoms. The second kappa shape index (κ2) is 6.06. The Balaban J connectivity index is 1.73. The largest absolute Gasteiger partial charge is 0.463 e. The fourth-order valence-corrected chi connectivity index (χ4v) is 3.70. The zero-order valence-electron chi connectivity index (χ0n) is 14.6. The minimum absolute atomic E-state index is 0.0123. The topological polar surface area (TPSA) is 72.8 Å². The van der Waals surface area contributed by atoms with Gasteiger partial charge in [0.05, 0.1) is 11.8 Å². The van der Waals surface area contributed by atoms with E-state index >= 15 is 0 Å². The number of hydrogen-bond acceptors (Lipinski definition) is 4. The molecule has 0 N–H and O–H groups in total. The smallest absolute Gasteiger partial charge is 0.291 e. The Labute approximate surface area is 144 Å². The molecule has 4 heterocycles. The fraction of sp³-hybridized carbons (Fsp3) is 0.500. The minimum Gasteiger partial charge on any atom is -0.463 e. The van der Waals surface area contributed by atoms with Gasteiger partial charge in [-0.2, -0.15) is 5.10 Å². The van der Waals surface area contributed by atoms with Crippen LogP contribution in [0.4, 0.5) is 0 Å². The van der Waals surface area contributed by atoms with Crippen molar-refractivity contribution in [2.45, 2.75) is 39.7 Å². The van der Waals surface area contributed by atoms with Crippen LogP contribution < -0.4 is 5.56 Å². The predicted octanol–water partition coefficient (Wildman–Crippen LogP) is 2.06. The van der Waals surface area contributed by atoms with Crippen molar-refractivity contribution >= 4 is 22.5 Å². The van der Waals surface area contributed by atoms with E-state index in [2.05, 4.69) is 12.0 Å². The number of aromatic nitrogens is 3. The van der Waals surface area contributed by atoms with E-state index in [1.54, 1.807) is 12.3 Å². The standard InChI is InChI=1S/C18H22N4O3/c1-3-16-19-21(11-17(23)20-7-4-5-12(2)10-20)18(24)14-9-15-13(22(14)16)6-8-25-15/h6,8-9,12H,3-5,7,10-11H2,1-2H3/t12-/m0/s1. The molecule has 1 aliphatic heterocycles. The highest BCUT2D eigenvalue weighted by Gasteiger charge is 2.23. The Morgan fingerprint density at radius 1 is 1.40 bits per heavy atom. The molecule has 0 bridgehead atoms. The Morgan fingerprint density at radius 3 is 3.00 bits per heavy atom. The van der Waals surface area contributed by atoms with Gasteiger partial charge in [-0.25, -0.2) is 4.68 Å². The highest BCUT2D eigenvalue weighted by molar-refractivity contribution is 5.82. The Morgan fingerprint density at radius 2 is 2.24 bits per heavy atom. The molecule has 0 aromatic carbocycles. The van der Waals surface area contributed by atoms with Crippen molar-refractivity contribution in [3.05, 3.63) is 34.6 Å². The van der Waals surface area contributed by atoms with Gasteiger partial charge in [0, 0.05) is 31.6 Å². The molecular weight excluding hydrogens is 320 g/mol. The van der Waals surface area contributed by atoms with E-state index in [0.717, 1.165) is 37.3 Å². The van der Waals surface area contributed by atoms with Crippen LogP contribution in [0.3, 0.4) is 0 Å². The highest BCUT2D eigenvalue weighted by Crippen LogP contribution is 2.20. The molecule has 0 unspecified atom stereocenters. The van der Waals surface area contributed by atoms with Gasteiger partial charge in [-0.15, -0.1) is 0 Å². The van der Waals surface area contributed by atoms with E-state index in [9.17, 15) is 9.59 Å². The van der Waals surface area contributed by atoms with E-state index in [-0.39, 0.29) is 18.0 Å². The van der Waals surface area contributed by atoms with Gasteiger partial charge in [0.15, 0.2) is 5.58 Å². The van der Waals surface area contributed by atoms with Crippen LogP contribution in [0, 0.1) is 5.92 Å². The number of fused-ring (bicyclic) bond motifs is 3. The maximum Gasteiger partial charge on any atom is 0.291 e. The second-order valence-electron chi connectivity index (χ2n) is 6.85. The number of amides is 1. The first-order chi connectivity index (χ1) is 12.1. The average molecular weight is 342 g/mol. The first-order valence-corrected chi connectivity index (χ1v) is 8.85. The molecule has 0 spiro atoms. The van der Waals surface area contributed by atoms with Crippen molar-refractivity contribution in [3.8, 4) is 0 Å². The predicted molar refractivity (Wildman–Crippen MR) is 93.6 cm³/mol. The fourth-order valence-electron chi connectivity index (χ4n) is 3.70. The van der Waals surface area contributed by atoms with Crippen molar-refractivity contribution in [2.24, 2.45) is 5.92 Å². The van der Waals surface area contributed by atoms with E-state index in [0.29, 0.717) is 23.4 Å². The summed E-state index contributed by atoms with van der Waals surface area (Å²) in [5.74, 6) is 1.21. The van der Waals surface area contributed by atoms with Gasteiger partial charge >= 0.3 is 0 Å². The van der Waals surface area contributed by atoms with E-state index in [1.807, 2.05) is 22.3 Å². The monoisotopic (exact) mass is 342 g/mol. The highest BCUT2D eigenvalue weighted by atomic mass is 16.3. The van der Waals surface area contributed by atoms with Crippen LogP contribution in [0.25, 0.3) is 16.6 Å². The lowest BCUT2D eigenvalue weighted by Crippen LogP contribution is -2.43. The summed E-state index contributed by atoms with van der Waals surface area (Å²) >= 11 is 0. The normalized spacial score (nSPS) is 18.3. The maximum atomic E-state index is 12.8. The first-order valence-electron chi connectivity index (χ1n) is 8.85. The molecule has 1 amide bonds. The third kappa shape index (κ3) is 2.63. The van der Waals surface area contributed by atoms with Crippen LogP contribution in [0.5, 0.6) is 0 Å². The van der Waals surface area contributed by atoms with Gasteiger partial charge in [-0.05, 0) is 18.8 Å². The summed E-state index contributed by atoms with van der Waals surface area (Å²) in [6.45, 7) is 5.65. The molecule has 132 valence electrons. The molecule has 4 rings (SSSR count). The van der Waals surface area contributed by atoms with E-state index in [1.165, 1.54) is 4.68 Å². The number of rotatable bonds is 3. The number of carbonyl (C=O) groups excluding carboxylic acids is 1. The molecule has 7 nitrogen and oxygen atoms in total. The lowest BCUT2D eigenvalue weighted by atomic mass is 10.0. The van der Waals surface area contributed by atoms with Crippen LogP contribution >= 0.6 is 0 Å². The number of aryl methyl sites for hydroxylation is 1. The molecule has 1 atom stereocenters. The van der Waals surface area contributed by atoms with Crippen LogP contribution in [-0.2, 0) is 17.8 Å². The molecule has 25 heavy (non-hydrogen) atoms. The van der Waals surface area contributed by atoms with Crippen LogP contribution in [0.2, 0.25) is 0 Å². The van der Waals surface area contributed by atoms with Crippen LogP contribution in [0.1, 0.15) is 32.5 Å². The SMILES string of the molecule is CCc1nn(CC(=O)N2CCC[C@H](C)C2)c(=O)c2cc3occc3n12. The summed E-state index contributed by atoms with van der Waals surface area (Å²) in [6.07, 6.45) is 4.42. The molecule has 0 radical (unpaired) electrons. The molecule has 3 aromatic heterocycles. The van der Waals surface area contributed by atoms with Crippen molar-refractivity contribution in [3.63, 3.8) is 0 Å². The van der Waals surface area contributed by atoms with E-state index in [4.69, 9.17) is 4.42 Å². The second-order valence-corrected chi connectivity index (χ2v) is 6.85. The lowest BCUT2D eigenvalue weighted by Gasteiger charge is -2.31. The molecule has 1 saturated heterocycles. The van der Waals surface area contributed by atoms with Gasteiger partial charge in [-0.3, -0.25) is 14.0 Å². The number of nitrogens with zero attached hydrogens (tertiary/aromatic N) is 4. The molecule has 1 aliphatic rings. The number of piperidine rings is 1. The van der Waals surface area contributed by atoms with Crippen LogP contribution in [-0.4, -0.2) is 38.1 Å². The Kier molecular flexibility index (Phi) is 3.86. The van der Waals surface area contributed by atoms with Crippen molar-refractivity contribution in [1.82, 2.24) is 19.1 Å². The van der Waals surface area contributed by atoms with Gasteiger partial charge in [0.25, 0.3) is 5.56 Å². The third-order valence-electron chi connectivity index (χ3n) is 4.98. The summed E-state index contributed by atoms with van der Waals surface area (Å²) in [6, 6.07) is 3.55. The molecular formula is C18H22N4O3. The molecule has 1 fully saturated rings. The molecule has 0 saturated carbocycles. The van der Waals surface area contributed by atoms with Gasteiger partial charge < -0.3 is 9.32 Å². The third-order valence-corrected chi connectivity index (χ3v) is 4.98. The number of likely N-dealkylation sites (tertiary alicyclic amines) is 1. The van der Waals surface area contributed by atoms with E-state index < -0.39 is 0 Å². The van der Waals surface area contributed by atoms with Gasteiger partial charge in [-0.1, -0.05) is 13.8 Å². The summed E-state index contributed by atoms with van der Waals surface area (Å²) < 4.78 is 8.54. The lowest BCUT2D eigenvalue weighted by molar-refractivity contribution is -0.133. The maximum absolute atomic E-state index is 12.8. The first kappa shape index (κ1) is 15.9. The Bertz CT molecular complexity index is 997. The molecule has 0 aliphatic carbocycles. The summed E-state index contributed by atoms with van der Waals surface area (Å²) in [4.78, 5) is 27.3. The zero-order valence-corrected chi connectivity index (χ0v) is 14.6. The zero-order chi connectivity index (χ0) is 17.6. The van der Waals surface area contributed by atoms with Crippen molar-refractivity contribution < 1.29 is 9.21 Å². The minimum atomic E-state index is -0.262. The van der Waals surface area contributed by atoms with Crippen molar-refractivity contribution in [2.75, 3.05) is 13.1 Å². The quantitative estimate of drug-likeness (QED) is 0.730. The van der Waals surface area contributed by atoms with Gasteiger partial charge in [0.2, 0.25) is 5.91 Å². The number of furan rings is 1. The average Bonchev–Trinajstić information content (AvgIpc) is 3.19. The number of hydrogen-bond donors (Lipinski definition) is 0. The summed E-state index contributed by atoms with van der Waals surface area (Å²) in [5.41, 5.74) is 1.73.